The number of rotatable bonds is 10. The van der Waals surface area contributed by atoms with Crippen LogP contribution in [0.15, 0.2) is 69.9 Å². The van der Waals surface area contributed by atoms with Gasteiger partial charge in [-0.05, 0) is 49.7 Å². The maximum atomic E-state index is 12.9. The Bertz CT molecular complexity index is 1630. The summed E-state index contributed by atoms with van der Waals surface area (Å²) in [6.07, 6.45) is 6.36. The molecule has 0 saturated carbocycles. The third kappa shape index (κ3) is 5.54. The zero-order valence-corrected chi connectivity index (χ0v) is 21.6. The van der Waals surface area contributed by atoms with E-state index in [-0.39, 0.29) is 11.3 Å². The molecule has 0 spiro atoms. The molecule has 37 heavy (non-hydrogen) atoms. The van der Waals surface area contributed by atoms with Gasteiger partial charge in [-0.2, -0.15) is 9.50 Å². The van der Waals surface area contributed by atoms with Gasteiger partial charge in [0.25, 0.3) is 5.56 Å². The molecule has 5 aromatic rings. The van der Waals surface area contributed by atoms with Gasteiger partial charge in [-0.25, -0.2) is 0 Å². The van der Waals surface area contributed by atoms with E-state index in [9.17, 15) is 9.59 Å². The Morgan fingerprint density at radius 3 is 2.46 bits per heavy atom. The van der Waals surface area contributed by atoms with E-state index in [0.29, 0.717) is 39.0 Å². The number of carbonyl (C=O) groups is 1. The number of aromatic nitrogens is 3. The van der Waals surface area contributed by atoms with Crippen molar-refractivity contribution in [2.45, 2.75) is 39.5 Å². The van der Waals surface area contributed by atoms with Crippen LogP contribution in [0.25, 0.3) is 33.7 Å². The first-order chi connectivity index (χ1) is 18.0. The third-order valence-corrected chi connectivity index (χ3v) is 7.00. The minimum absolute atomic E-state index is 0.0154. The summed E-state index contributed by atoms with van der Waals surface area (Å²) < 4.78 is 13.5. The zero-order chi connectivity index (χ0) is 25.8. The maximum absolute atomic E-state index is 12.9. The zero-order valence-electron chi connectivity index (χ0n) is 20.8. The summed E-state index contributed by atoms with van der Waals surface area (Å²) in [5, 5.41) is 4.43. The van der Waals surface area contributed by atoms with Crippen LogP contribution < -0.4 is 14.8 Å². The fraction of sp³-hybridized carbons (Fsp3) is 0.241. The van der Waals surface area contributed by atoms with Crippen molar-refractivity contribution < 1.29 is 13.9 Å². The van der Waals surface area contributed by atoms with E-state index in [4.69, 9.17) is 9.15 Å². The number of benzene rings is 2. The average molecular weight is 514 g/mol. The first-order valence-electron chi connectivity index (χ1n) is 12.4. The summed E-state index contributed by atoms with van der Waals surface area (Å²) in [7, 11) is 0. The molecule has 0 aliphatic carbocycles. The lowest BCUT2D eigenvalue weighted by Gasteiger charge is -2.06. The van der Waals surface area contributed by atoms with Crippen molar-refractivity contribution in [1.29, 1.82) is 0 Å². The van der Waals surface area contributed by atoms with E-state index in [1.54, 1.807) is 18.2 Å². The number of hydrogen-bond donors (Lipinski definition) is 0. The van der Waals surface area contributed by atoms with E-state index in [0.717, 1.165) is 23.3 Å². The molecule has 0 amide bonds. The predicted octanol–water partition coefficient (Wildman–Crippen LogP) is 5.79. The summed E-state index contributed by atoms with van der Waals surface area (Å²) in [5.41, 5.74) is 2.08. The Hall–Kier alpha value is -4.04. The number of furan rings is 1. The molecule has 0 N–H and O–H groups in total. The standard InChI is InChI=1S/C29H27N3O4S/c1-3-4-5-6-17-35-23-13-11-22(12-14-23)27-30-29-32(31-27)28(34)26(37-29)18-24-15-16-25(36-24)21-9-7-20(8-10-21)19(2)33/h7-16,18H,3-6,17H2,1-2H3. The monoisotopic (exact) mass is 513 g/mol. The van der Waals surface area contributed by atoms with Gasteiger partial charge in [0, 0.05) is 22.8 Å². The van der Waals surface area contributed by atoms with Gasteiger partial charge in [-0.15, -0.1) is 5.10 Å². The highest BCUT2D eigenvalue weighted by molar-refractivity contribution is 7.15. The Kier molecular flexibility index (Phi) is 7.28. The minimum atomic E-state index is -0.241. The van der Waals surface area contributed by atoms with Crippen molar-refractivity contribution >= 4 is 28.2 Å². The van der Waals surface area contributed by atoms with Crippen molar-refractivity contribution in [3.05, 3.63) is 86.9 Å². The second-order valence-corrected chi connectivity index (χ2v) is 9.82. The van der Waals surface area contributed by atoms with Gasteiger partial charge in [0.2, 0.25) is 4.96 Å². The molecule has 3 aromatic heterocycles. The smallest absolute Gasteiger partial charge is 0.291 e. The number of hydrogen-bond acceptors (Lipinski definition) is 7. The fourth-order valence-corrected chi connectivity index (χ4v) is 4.85. The summed E-state index contributed by atoms with van der Waals surface area (Å²) in [6, 6.07) is 18.5. The first-order valence-corrected chi connectivity index (χ1v) is 13.2. The Morgan fingerprint density at radius 1 is 1.00 bits per heavy atom. The maximum Gasteiger partial charge on any atom is 0.291 e. The second-order valence-electron chi connectivity index (χ2n) is 8.81. The van der Waals surface area contributed by atoms with Crippen molar-refractivity contribution in [3.8, 4) is 28.5 Å². The molecule has 3 heterocycles. The normalized spacial score (nSPS) is 11.9. The minimum Gasteiger partial charge on any atom is -0.494 e. The molecule has 0 radical (unpaired) electrons. The first kappa shape index (κ1) is 24.6. The van der Waals surface area contributed by atoms with Gasteiger partial charge in [0.15, 0.2) is 11.6 Å². The summed E-state index contributed by atoms with van der Waals surface area (Å²) in [6.45, 7) is 4.43. The summed E-state index contributed by atoms with van der Waals surface area (Å²) in [4.78, 5) is 29.5. The largest absolute Gasteiger partial charge is 0.494 e. The van der Waals surface area contributed by atoms with Gasteiger partial charge >= 0.3 is 0 Å². The molecule has 0 fully saturated rings. The molecule has 7 nitrogen and oxygen atoms in total. The molecule has 0 atom stereocenters. The fourth-order valence-electron chi connectivity index (χ4n) is 3.96. The van der Waals surface area contributed by atoms with Crippen LogP contribution in [0.1, 0.15) is 55.6 Å². The number of thiazole rings is 1. The van der Waals surface area contributed by atoms with Crippen LogP contribution in [-0.4, -0.2) is 27.0 Å². The molecular formula is C29H27N3O4S. The van der Waals surface area contributed by atoms with Gasteiger partial charge in [-0.1, -0.05) is 61.8 Å². The molecule has 5 rings (SSSR count). The average Bonchev–Trinajstić information content (AvgIpc) is 3.62. The van der Waals surface area contributed by atoms with E-state index < -0.39 is 0 Å². The van der Waals surface area contributed by atoms with Crippen molar-refractivity contribution in [1.82, 2.24) is 14.6 Å². The van der Waals surface area contributed by atoms with E-state index in [1.807, 2.05) is 48.5 Å². The van der Waals surface area contributed by atoms with Crippen molar-refractivity contribution in [2.75, 3.05) is 6.61 Å². The van der Waals surface area contributed by atoms with Crippen LogP contribution in [-0.2, 0) is 0 Å². The van der Waals surface area contributed by atoms with Gasteiger partial charge in [-0.3, -0.25) is 9.59 Å². The van der Waals surface area contributed by atoms with Crippen LogP contribution >= 0.6 is 11.3 Å². The lowest BCUT2D eigenvalue weighted by atomic mass is 10.1. The quantitative estimate of drug-likeness (QED) is 0.174. The molecule has 2 aromatic carbocycles. The van der Waals surface area contributed by atoms with E-state index >= 15 is 0 Å². The molecule has 0 unspecified atom stereocenters. The molecule has 8 heteroatoms. The predicted molar refractivity (Wildman–Crippen MR) is 145 cm³/mol. The molecule has 0 aliphatic heterocycles. The highest BCUT2D eigenvalue weighted by atomic mass is 32.1. The molecular weight excluding hydrogens is 486 g/mol. The Morgan fingerprint density at radius 2 is 1.76 bits per heavy atom. The lowest BCUT2D eigenvalue weighted by Crippen LogP contribution is -2.23. The van der Waals surface area contributed by atoms with E-state index in [2.05, 4.69) is 17.0 Å². The molecule has 0 aliphatic rings. The van der Waals surface area contributed by atoms with Crippen LogP contribution in [0.3, 0.4) is 0 Å². The van der Waals surface area contributed by atoms with Crippen LogP contribution in [0.4, 0.5) is 0 Å². The number of unbranched alkanes of at least 4 members (excludes halogenated alkanes) is 3. The van der Waals surface area contributed by atoms with Crippen molar-refractivity contribution in [2.24, 2.45) is 0 Å². The number of carbonyl (C=O) groups excluding carboxylic acids is 1. The highest BCUT2D eigenvalue weighted by Gasteiger charge is 2.13. The van der Waals surface area contributed by atoms with Gasteiger partial charge < -0.3 is 9.15 Å². The third-order valence-electron chi connectivity index (χ3n) is 6.04. The Balaban J connectivity index is 1.31. The topological polar surface area (TPSA) is 86.7 Å². The van der Waals surface area contributed by atoms with Crippen LogP contribution in [0.5, 0.6) is 5.75 Å². The summed E-state index contributed by atoms with van der Waals surface area (Å²) in [5.74, 6) is 2.54. The molecule has 0 saturated heterocycles. The van der Waals surface area contributed by atoms with Gasteiger partial charge in [0.05, 0.1) is 6.61 Å². The SMILES string of the molecule is CCCCCCOc1ccc(-c2nc3sc(=Cc4ccc(-c5ccc(C(C)=O)cc5)o4)c(=O)n3n2)cc1. The van der Waals surface area contributed by atoms with E-state index in [1.165, 1.54) is 42.0 Å². The lowest BCUT2D eigenvalue weighted by molar-refractivity contribution is 0.101. The van der Waals surface area contributed by atoms with Crippen molar-refractivity contribution in [3.63, 3.8) is 0 Å². The summed E-state index contributed by atoms with van der Waals surface area (Å²) >= 11 is 1.26. The number of nitrogens with zero attached hydrogens (tertiary/aromatic N) is 3. The highest BCUT2D eigenvalue weighted by Crippen LogP contribution is 2.24. The number of ketones is 1. The number of Topliss-reactive ketones (excluding diaryl/α,β-unsaturated/α-hetero) is 1. The van der Waals surface area contributed by atoms with Gasteiger partial charge in [0.1, 0.15) is 21.8 Å². The Labute approximate surface area is 218 Å². The second kappa shape index (κ2) is 10.9. The van der Waals surface area contributed by atoms with Crippen LogP contribution in [0, 0.1) is 0 Å². The number of ether oxygens (including phenoxy) is 1. The molecule has 0 bridgehead atoms. The number of fused-ring (bicyclic) bond motifs is 1. The van der Waals surface area contributed by atoms with Crippen LogP contribution in [0.2, 0.25) is 0 Å². The molecule has 188 valence electrons.